The zero-order chi connectivity index (χ0) is 19.6. The van der Waals surface area contributed by atoms with Crippen LogP contribution in [0, 0.1) is 6.92 Å². The van der Waals surface area contributed by atoms with Gasteiger partial charge in [-0.3, -0.25) is 0 Å². The molecule has 29 heavy (non-hydrogen) atoms. The number of fused-ring (bicyclic) bond motifs is 1. The molecule has 0 saturated heterocycles. The Bertz CT molecular complexity index is 942. The molecule has 2 fully saturated rings. The van der Waals surface area contributed by atoms with Crippen molar-refractivity contribution in [3.05, 3.63) is 60.2 Å². The van der Waals surface area contributed by atoms with Gasteiger partial charge in [-0.25, -0.2) is 0 Å². The maximum Gasteiger partial charge on any atom is 0.0529 e. The topological polar surface area (TPSA) is 4.93 Å². The molecule has 0 unspecified atom stereocenters. The van der Waals surface area contributed by atoms with Crippen LogP contribution in [-0.4, -0.2) is 15.7 Å². The summed E-state index contributed by atoms with van der Waals surface area (Å²) in [5.41, 5.74) is 7.60. The van der Waals surface area contributed by atoms with Gasteiger partial charge in [-0.15, -0.1) is 0 Å². The molecule has 0 N–H and O–H groups in total. The van der Waals surface area contributed by atoms with E-state index in [1.807, 2.05) is 0 Å². The third-order valence-electron chi connectivity index (χ3n) is 7.23. The molecule has 0 amide bonds. The monoisotopic (exact) mass is 403 g/mol. The van der Waals surface area contributed by atoms with E-state index in [0.717, 1.165) is 11.3 Å². The summed E-state index contributed by atoms with van der Waals surface area (Å²) in [6.07, 6.45) is 14.4. The van der Waals surface area contributed by atoms with Gasteiger partial charge in [0.05, 0.1) is 11.2 Å². The lowest BCUT2D eigenvalue weighted by Crippen LogP contribution is -2.24. The summed E-state index contributed by atoms with van der Waals surface area (Å²) in [7, 11) is -0.195. The van der Waals surface area contributed by atoms with Crippen LogP contribution in [0.25, 0.3) is 22.2 Å². The van der Waals surface area contributed by atoms with Crippen molar-refractivity contribution in [1.82, 2.24) is 4.34 Å². The van der Waals surface area contributed by atoms with Gasteiger partial charge in [-0.2, -0.15) is 0 Å². The standard InChI is InChI=1S/C27H34NP/c1-21-12-8-10-18-25(21)27-20-22-13-9-11-19-26(22)28(27)29(23-14-4-2-5-15-23)24-16-6-3-7-17-24/h8-13,18-20,23-24H,2-7,14-17H2,1H3. The van der Waals surface area contributed by atoms with Gasteiger partial charge in [-0.05, 0) is 61.6 Å². The second-order valence-corrected chi connectivity index (χ2v) is 11.8. The zero-order valence-electron chi connectivity index (χ0n) is 17.8. The van der Waals surface area contributed by atoms with Crippen molar-refractivity contribution in [3.8, 4) is 11.3 Å². The van der Waals surface area contributed by atoms with Crippen LogP contribution < -0.4 is 0 Å². The molecular formula is C27H34NP. The van der Waals surface area contributed by atoms with Crippen molar-refractivity contribution in [3.63, 3.8) is 0 Å². The molecule has 1 aromatic heterocycles. The molecule has 3 aromatic rings. The van der Waals surface area contributed by atoms with Crippen LogP contribution in [0.15, 0.2) is 54.6 Å². The molecule has 0 bridgehead atoms. The second-order valence-electron chi connectivity index (χ2n) is 9.18. The molecule has 2 aromatic carbocycles. The van der Waals surface area contributed by atoms with Crippen molar-refractivity contribution in [2.75, 3.05) is 0 Å². The minimum absolute atomic E-state index is 0.195. The van der Waals surface area contributed by atoms with Crippen LogP contribution in [0.3, 0.4) is 0 Å². The number of aromatic nitrogens is 1. The highest BCUT2D eigenvalue weighted by atomic mass is 31.1. The van der Waals surface area contributed by atoms with Gasteiger partial charge in [0, 0.05) is 19.0 Å². The fraction of sp³-hybridized carbons (Fsp3) is 0.481. The third kappa shape index (κ3) is 3.79. The van der Waals surface area contributed by atoms with Gasteiger partial charge in [-0.1, -0.05) is 81.0 Å². The maximum absolute atomic E-state index is 2.87. The number of benzene rings is 2. The average Bonchev–Trinajstić information content (AvgIpc) is 3.15. The minimum Gasteiger partial charge on any atom is -0.318 e. The fourth-order valence-electron chi connectivity index (χ4n) is 5.76. The van der Waals surface area contributed by atoms with Crippen LogP contribution in [0.1, 0.15) is 69.8 Å². The predicted molar refractivity (Wildman–Crippen MR) is 128 cm³/mol. The Morgan fingerprint density at radius 2 is 1.31 bits per heavy atom. The first kappa shape index (κ1) is 19.4. The summed E-state index contributed by atoms with van der Waals surface area (Å²) >= 11 is 0. The van der Waals surface area contributed by atoms with E-state index in [0.29, 0.717) is 0 Å². The molecular weight excluding hydrogens is 369 g/mol. The molecule has 2 heteroatoms. The van der Waals surface area contributed by atoms with Crippen molar-refractivity contribution in [1.29, 1.82) is 0 Å². The van der Waals surface area contributed by atoms with Crippen LogP contribution in [-0.2, 0) is 0 Å². The minimum atomic E-state index is -0.195. The van der Waals surface area contributed by atoms with E-state index in [9.17, 15) is 0 Å². The van der Waals surface area contributed by atoms with Gasteiger partial charge in [0.2, 0.25) is 0 Å². The molecule has 2 aliphatic carbocycles. The Morgan fingerprint density at radius 3 is 1.97 bits per heavy atom. The summed E-state index contributed by atoms with van der Waals surface area (Å²) < 4.78 is 2.87. The van der Waals surface area contributed by atoms with Crippen molar-refractivity contribution in [2.45, 2.75) is 82.4 Å². The highest BCUT2D eigenvalue weighted by molar-refractivity contribution is 7.58. The summed E-state index contributed by atoms with van der Waals surface area (Å²) in [5.74, 6) is 0. The van der Waals surface area contributed by atoms with Gasteiger partial charge in [0.1, 0.15) is 0 Å². The Balaban J connectivity index is 1.71. The Hall–Kier alpha value is -1.59. The summed E-state index contributed by atoms with van der Waals surface area (Å²) in [4.78, 5) is 0. The molecule has 2 saturated carbocycles. The Kier molecular flexibility index (Phi) is 5.78. The number of nitrogens with zero attached hydrogens (tertiary/aromatic N) is 1. The molecule has 152 valence electrons. The molecule has 5 rings (SSSR count). The number of para-hydroxylation sites is 1. The largest absolute Gasteiger partial charge is 0.318 e. The summed E-state index contributed by atoms with van der Waals surface area (Å²) in [6, 6.07) is 20.7. The maximum atomic E-state index is 2.87. The van der Waals surface area contributed by atoms with Gasteiger partial charge in [0.15, 0.2) is 0 Å². The second kappa shape index (κ2) is 8.65. The first-order valence-corrected chi connectivity index (χ1v) is 13.2. The van der Waals surface area contributed by atoms with E-state index in [1.165, 1.54) is 91.9 Å². The van der Waals surface area contributed by atoms with Crippen molar-refractivity contribution >= 4 is 19.0 Å². The smallest absolute Gasteiger partial charge is 0.0529 e. The van der Waals surface area contributed by atoms with Gasteiger partial charge < -0.3 is 4.34 Å². The Labute approximate surface area is 177 Å². The van der Waals surface area contributed by atoms with E-state index in [2.05, 4.69) is 65.9 Å². The van der Waals surface area contributed by atoms with Crippen LogP contribution in [0.4, 0.5) is 0 Å². The Morgan fingerprint density at radius 1 is 0.724 bits per heavy atom. The number of rotatable bonds is 4. The normalized spacial score (nSPS) is 19.2. The lowest BCUT2D eigenvalue weighted by Gasteiger charge is -2.40. The summed E-state index contributed by atoms with van der Waals surface area (Å²) in [5, 5.41) is 1.42. The number of hydrogen-bond acceptors (Lipinski definition) is 0. The SMILES string of the molecule is Cc1ccccc1-c1cc2ccccc2n1P(C1CCCCC1)C1CCCCC1. The lowest BCUT2D eigenvalue weighted by molar-refractivity contribution is 0.482. The van der Waals surface area contributed by atoms with E-state index in [-0.39, 0.29) is 8.07 Å². The molecule has 1 heterocycles. The molecule has 0 aliphatic heterocycles. The van der Waals surface area contributed by atoms with E-state index >= 15 is 0 Å². The molecule has 0 radical (unpaired) electrons. The predicted octanol–water partition coefficient (Wildman–Crippen LogP) is 8.53. The van der Waals surface area contributed by atoms with Crippen LogP contribution >= 0.6 is 8.07 Å². The van der Waals surface area contributed by atoms with E-state index in [4.69, 9.17) is 0 Å². The first-order chi connectivity index (χ1) is 14.3. The van der Waals surface area contributed by atoms with E-state index < -0.39 is 0 Å². The van der Waals surface area contributed by atoms with E-state index in [1.54, 1.807) is 0 Å². The number of hydrogen-bond donors (Lipinski definition) is 0. The molecule has 1 nitrogen and oxygen atoms in total. The highest BCUT2D eigenvalue weighted by Crippen LogP contribution is 2.59. The van der Waals surface area contributed by atoms with Crippen LogP contribution in [0.5, 0.6) is 0 Å². The average molecular weight is 404 g/mol. The lowest BCUT2D eigenvalue weighted by atomic mass is 10.00. The van der Waals surface area contributed by atoms with Crippen molar-refractivity contribution < 1.29 is 0 Å². The third-order valence-corrected chi connectivity index (χ3v) is 10.7. The molecule has 0 atom stereocenters. The quantitative estimate of drug-likeness (QED) is 0.385. The molecule has 0 spiro atoms. The first-order valence-electron chi connectivity index (χ1n) is 11.8. The fourth-order valence-corrected chi connectivity index (χ4v) is 9.64. The van der Waals surface area contributed by atoms with Gasteiger partial charge in [0.25, 0.3) is 0 Å². The highest BCUT2D eigenvalue weighted by Gasteiger charge is 2.34. The van der Waals surface area contributed by atoms with Gasteiger partial charge >= 0.3 is 0 Å². The van der Waals surface area contributed by atoms with Crippen LogP contribution in [0.2, 0.25) is 0 Å². The number of aryl methyl sites for hydroxylation is 1. The summed E-state index contributed by atoms with van der Waals surface area (Å²) in [6.45, 7) is 2.28. The van der Waals surface area contributed by atoms with Crippen molar-refractivity contribution in [2.24, 2.45) is 0 Å². The molecule has 2 aliphatic rings. The zero-order valence-corrected chi connectivity index (χ0v) is 18.7.